The highest BCUT2D eigenvalue weighted by molar-refractivity contribution is 9.10. The second-order valence-corrected chi connectivity index (χ2v) is 5.14. The monoisotopic (exact) mass is 300 g/mol. The minimum absolute atomic E-state index is 0.435. The first-order chi connectivity index (χ1) is 8.09. The van der Waals surface area contributed by atoms with Gasteiger partial charge in [0.1, 0.15) is 0 Å². The van der Waals surface area contributed by atoms with Gasteiger partial charge in [0.2, 0.25) is 0 Å². The number of benzene rings is 1. The highest BCUT2D eigenvalue weighted by atomic mass is 79.9. The Morgan fingerprint density at radius 3 is 2.35 bits per heavy atom. The highest BCUT2D eigenvalue weighted by Crippen LogP contribution is 2.28. The van der Waals surface area contributed by atoms with Crippen molar-refractivity contribution in [3.05, 3.63) is 34.3 Å². The largest absolute Gasteiger partial charge is 0.390 e. The van der Waals surface area contributed by atoms with Gasteiger partial charge in [0.05, 0.1) is 11.7 Å². The number of methoxy groups -OCH3 is 1. The Morgan fingerprint density at radius 2 is 1.88 bits per heavy atom. The standard InChI is InChI=1S/C14H21BrO2/c1-4-14(5-2,17-3)13(16)10-11-8-6-7-9-12(11)15/h6-9,13,16H,4-5,10H2,1-3H3. The van der Waals surface area contributed by atoms with Crippen molar-refractivity contribution in [2.75, 3.05) is 7.11 Å². The zero-order valence-corrected chi connectivity index (χ0v) is 12.3. The second-order valence-electron chi connectivity index (χ2n) is 4.29. The summed E-state index contributed by atoms with van der Waals surface area (Å²) < 4.78 is 6.58. The number of hydrogen-bond donors (Lipinski definition) is 1. The lowest BCUT2D eigenvalue weighted by molar-refractivity contribution is -0.106. The molecule has 0 aliphatic rings. The summed E-state index contributed by atoms with van der Waals surface area (Å²) >= 11 is 3.51. The van der Waals surface area contributed by atoms with Crippen LogP contribution in [0.25, 0.3) is 0 Å². The van der Waals surface area contributed by atoms with Crippen LogP contribution in [-0.2, 0) is 11.2 Å². The Labute approximate surface area is 112 Å². The number of aliphatic hydroxyl groups is 1. The molecule has 96 valence electrons. The normalized spacial score (nSPS) is 13.7. The van der Waals surface area contributed by atoms with Gasteiger partial charge in [0.15, 0.2) is 0 Å². The van der Waals surface area contributed by atoms with Crippen molar-refractivity contribution >= 4 is 15.9 Å². The third-order valence-electron chi connectivity index (χ3n) is 3.58. The van der Waals surface area contributed by atoms with E-state index in [1.54, 1.807) is 7.11 Å². The number of aliphatic hydroxyl groups excluding tert-OH is 1. The van der Waals surface area contributed by atoms with Gasteiger partial charge < -0.3 is 9.84 Å². The van der Waals surface area contributed by atoms with Crippen molar-refractivity contribution in [3.63, 3.8) is 0 Å². The Kier molecular flexibility index (Phi) is 5.63. The zero-order chi connectivity index (χ0) is 12.9. The molecular weight excluding hydrogens is 280 g/mol. The van der Waals surface area contributed by atoms with Crippen molar-refractivity contribution < 1.29 is 9.84 Å². The first-order valence-electron chi connectivity index (χ1n) is 6.06. The summed E-state index contributed by atoms with van der Waals surface area (Å²) in [6, 6.07) is 7.98. The summed E-state index contributed by atoms with van der Waals surface area (Å²) in [7, 11) is 1.68. The van der Waals surface area contributed by atoms with E-state index in [0.717, 1.165) is 22.9 Å². The molecule has 0 amide bonds. The second kappa shape index (κ2) is 6.53. The Balaban J connectivity index is 2.84. The van der Waals surface area contributed by atoms with E-state index in [-0.39, 0.29) is 0 Å². The third kappa shape index (κ3) is 3.30. The van der Waals surface area contributed by atoms with Crippen molar-refractivity contribution in [1.82, 2.24) is 0 Å². The average molecular weight is 301 g/mol. The minimum Gasteiger partial charge on any atom is -0.390 e. The average Bonchev–Trinajstić information content (AvgIpc) is 2.35. The van der Waals surface area contributed by atoms with E-state index < -0.39 is 11.7 Å². The maximum atomic E-state index is 10.4. The fourth-order valence-electron chi connectivity index (χ4n) is 2.20. The molecule has 1 rings (SSSR count). The number of hydrogen-bond acceptors (Lipinski definition) is 2. The van der Waals surface area contributed by atoms with Crippen LogP contribution in [0.4, 0.5) is 0 Å². The van der Waals surface area contributed by atoms with E-state index in [2.05, 4.69) is 29.8 Å². The van der Waals surface area contributed by atoms with Gasteiger partial charge in [-0.2, -0.15) is 0 Å². The molecule has 0 saturated heterocycles. The lowest BCUT2D eigenvalue weighted by Gasteiger charge is -2.35. The molecule has 0 fully saturated rings. The lowest BCUT2D eigenvalue weighted by Crippen LogP contribution is -2.44. The molecule has 0 saturated carbocycles. The smallest absolute Gasteiger partial charge is 0.0934 e. The maximum Gasteiger partial charge on any atom is 0.0934 e. The van der Waals surface area contributed by atoms with Crippen LogP contribution in [0.1, 0.15) is 32.3 Å². The molecule has 1 aromatic carbocycles. The molecule has 2 nitrogen and oxygen atoms in total. The first kappa shape index (κ1) is 14.7. The van der Waals surface area contributed by atoms with E-state index in [1.165, 1.54) is 0 Å². The fourth-order valence-corrected chi connectivity index (χ4v) is 2.65. The highest BCUT2D eigenvalue weighted by Gasteiger charge is 2.34. The number of rotatable bonds is 6. The van der Waals surface area contributed by atoms with Crippen LogP contribution in [0.2, 0.25) is 0 Å². The van der Waals surface area contributed by atoms with E-state index in [1.807, 2.05) is 24.3 Å². The molecule has 0 aliphatic heterocycles. The summed E-state index contributed by atoms with van der Waals surface area (Å²) in [5, 5.41) is 10.4. The lowest BCUT2D eigenvalue weighted by atomic mass is 9.86. The number of halogens is 1. The van der Waals surface area contributed by atoms with Crippen LogP contribution in [0, 0.1) is 0 Å². The minimum atomic E-state index is -0.485. The van der Waals surface area contributed by atoms with Crippen LogP contribution >= 0.6 is 15.9 Å². The summed E-state index contributed by atoms with van der Waals surface area (Å²) in [6.07, 6.45) is 1.75. The predicted octanol–water partition coefficient (Wildman–Crippen LogP) is 3.56. The topological polar surface area (TPSA) is 29.5 Å². The maximum absolute atomic E-state index is 10.4. The molecule has 0 aromatic heterocycles. The van der Waals surface area contributed by atoms with E-state index >= 15 is 0 Å². The quantitative estimate of drug-likeness (QED) is 0.870. The summed E-state index contributed by atoms with van der Waals surface area (Å²) in [5.74, 6) is 0. The van der Waals surface area contributed by atoms with Gasteiger partial charge in [-0.3, -0.25) is 0 Å². The molecule has 0 aliphatic carbocycles. The third-order valence-corrected chi connectivity index (χ3v) is 4.36. The van der Waals surface area contributed by atoms with Crippen LogP contribution in [0.5, 0.6) is 0 Å². The van der Waals surface area contributed by atoms with Gasteiger partial charge >= 0.3 is 0 Å². The van der Waals surface area contributed by atoms with Gasteiger partial charge in [-0.05, 0) is 24.5 Å². The molecule has 3 heteroatoms. The van der Waals surface area contributed by atoms with Crippen molar-refractivity contribution in [1.29, 1.82) is 0 Å². The van der Waals surface area contributed by atoms with Crippen molar-refractivity contribution in [3.8, 4) is 0 Å². The molecule has 1 atom stereocenters. The molecule has 1 aromatic rings. The van der Waals surface area contributed by atoms with Crippen LogP contribution in [0.3, 0.4) is 0 Å². The summed E-state index contributed by atoms with van der Waals surface area (Å²) in [4.78, 5) is 0. The zero-order valence-electron chi connectivity index (χ0n) is 10.7. The van der Waals surface area contributed by atoms with Crippen molar-refractivity contribution in [2.45, 2.75) is 44.8 Å². The van der Waals surface area contributed by atoms with Gasteiger partial charge in [0, 0.05) is 18.0 Å². The molecule has 1 N–H and O–H groups in total. The molecule has 17 heavy (non-hydrogen) atoms. The van der Waals surface area contributed by atoms with Gasteiger partial charge in [-0.25, -0.2) is 0 Å². The molecule has 0 spiro atoms. The fraction of sp³-hybridized carbons (Fsp3) is 0.571. The van der Waals surface area contributed by atoms with Crippen LogP contribution in [0.15, 0.2) is 28.7 Å². The summed E-state index contributed by atoms with van der Waals surface area (Å²) in [6.45, 7) is 4.10. The first-order valence-corrected chi connectivity index (χ1v) is 6.85. The van der Waals surface area contributed by atoms with Crippen LogP contribution < -0.4 is 0 Å². The molecule has 0 heterocycles. The van der Waals surface area contributed by atoms with E-state index in [4.69, 9.17) is 4.74 Å². The van der Waals surface area contributed by atoms with Gasteiger partial charge in [-0.15, -0.1) is 0 Å². The Hall–Kier alpha value is -0.380. The van der Waals surface area contributed by atoms with E-state index in [0.29, 0.717) is 6.42 Å². The number of ether oxygens (including phenoxy) is 1. The predicted molar refractivity (Wildman–Crippen MR) is 74.2 cm³/mol. The molecule has 1 unspecified atom stereocenters. The Bertz CT molecular complexity index is 340. The van der Waals surface area contributed by atoms with Gasteiger partial charge in [-0.1, -0.05) is 48.0 Å². The SMILES string of the molecule is CCC(CC)(OC)C(O)Cc1ccccc1Br. The van der Waals surface area contributed by atoms with Crippen LogP contribution in [-0.4, -0.2) is 23.9 Å². The Morgan fingerprint density at radius 1 is 1.29 bits per heavy atom. The molecular formula is C14H21BrO2. The van der Waals surface area contributed by atoms with E-state index in [9.17, 15) is 5.11 Å². The van der Waals surface area contributed by atoms with Crippen molar-refractivity contribution in [2.24, 2.45) is 0 Å². The van der Waals surface area contributed by atoms with Gasteiger partial charge in [0.25, 0.3) is 0 Å². The molecule has 0 bridgehead atoms. The summed E-state index contributed by atoms with van der Waals surface area (Å²) in [5.41, 5.74) is 0.679. The molecule has 0 radical (unpaired) electrons.